The van der Waals surface area contributed by atoms with Gasteiger partial charge in [-0.2, -0.15) is 0 Å². The molecule has 4 rings (SSSR count). The van der Waals surface area contributed by atoms with Crippen molar-refractivity contribution in [3.05, 3.63) is 11.8 Å². The smallest absolute Gasteiger partial charge is 0.228 e. The Balaban J connectivity index is 1.45. The first kappa shape index (κ1) is 36.0. The minimum atomic E-state index is -1.17. The number of carbonyl (C=O) groups is 2. The van der Waals surface area contributed by atoms with Gasteiger partial charge < -0.3 is 31.1 Å². The molecule has 45 heavy (non-hydrogen) atoms. The second-order valence-electron chi connectivity index (χ2n) is 14.3. The highest BCUT2D eigenvalue weighted by molar-refractivity contribution is 5.83. The average molecular weight is 639 g/mol. The van der Waals surface area contributed by atoms with Crippen molar-refractivity contribution in [2.24, 2.45) is 17.1 Å². The molecule has 0 radical (unpaired) electrons. The van der Waals surface area contributed by atoms with Crippen LogP contribution in [0.1, 0.15) is 59.3 Å². The van der Waals surface area contributed by atoms with Gasteiger partial charge in [0.05, 0.1) is 24.2 Å². The van der Waals surface area contributed by atoms with E-state index in [-0.39, 0.29) is 30.9 Å². The number of alkyl halides is 2. The molecule has 10 nitrogen and oxygen atoms in total. The number of nitrogens with two attached hydrogens (primary N) is 1. The van der Waals surface area contributed by atoms with Gasteiger partial charge in [-0.1, -0.05) is 33.6 Å². The number of unbranched alkanes of at least 4 members (excludes halogenated alkanes) is 1. The molecule has 0 bridgehead atoms. The maximum Gasteiger partial charge on any atom is 0.228 e. The third-order valence-corrected chi connectivity index (χ3v) is 11.0. The van der Waals surface area contributed by atoms with E-state index in [1.54, 1.807) is 0 Å². The molecule has 4 heterocycles. The van der Waals surface area contributed by atoms with Gasteiger partial charge >= 0.3 is 0 Å². The van der Waals surface area contributed by atoms with Crippen LogP contribution < -0.4 is 16.4 Å². The second kappa shape index (κ2) is 15.8. The van der Waals surface area contributed by atoms with E-state index in [0.29, 0.717) is 38.9 Å². The van der Waals surface area contributed by atoms with Crippen LogP contribution in [0.5, 0.6) is 0 Å². The summed E-state index contributed by atoms with van der Waals surface area (Å²) in [5, 5.41) is 6.37. The van der Waals surface area contributed by atoms with Crippen molar-refractivity contribution in [2.75, 3.05) is 80.0 Å². The fourth-order valence-electron chi connectivity index (χ4n) is 7.77. The normalized spacial score (nSPS) is 32.4. The summed E-state index contributed by atoms with van der Waals surface area (Å²) in [5.41, 5.74) is 7.29. The van der Waals surface area contributed by atoms with Crippen molar-refractivity contribution in [1.29, 1.82) is 0 Å². The number of piperidine rings is 2. The largest absolute Gasteiger partial charge is 0.362 e. The Morgan fingerprint density at radius 2 is 1.80 bits per heavy atom. The van der Waals surface area contributed by atoms with Crippen LogP contribution in [0.3, 0.4) is 0 Å². The van der Waals surface area contributed by atoms with Gasteiger partial charge in [-0.15, -0.1) is 0 Å². The van der Waals surface area contributed by atoms with E-state index in [0.717, 1.165) is 51.1 Å². The number of rotatable bonds is 11. The highest BCUT2D eigenvalue weighted by atomic mass is 19.1. The van der Waals surface area contributed by atoms with E-state index in [2.05, 4.69) is 47.4 Å². The third kappa shape index (κ3) is 8.36. The molecule has 0 saturated carbocycles. The summed E-state index contributed by atoms with van der Waals surface area (Å²) in [4.78, 5) is 37.9. The van der Waals surface area contributed by atoms with E-state index in [1.807, 2.05) is 35.7 Å². The van der Waals surface area contributed by atoms with Gasteiger partial charge in [-0.25, -0.2) is 8.78 Å². The van der Waals surface area contributed by atoms with Crippen molar-refractivity contribution >= 4 is 11.8 Å². The van der Waals surface area contributed by atoms with Gasteiger partial charge in [0, 0.05) is 70.0 Å². The third-order valence-electron chi connectivity index (χ3n) is 11.0. The first-order chi connectivity index (χ1) is 21.4. The van der Waals surface area contributed by atoms with Crippen LogP contribution in [0, 0.1) is 11.3 Å². The molecule has 0 aromatic carbocycles. The van der Waals surface area contributed by atoms with Gasteiger partial charge in [0.1, 0.15) is 12.3 Å². The van der Waals surface area contributed by atoms with Crippen molar-refractivity contribution in [3.63, 3.8) is 0 Å². The fourth-order valence-corrected chi connectivity index (χ4v) is 7.77. The van der Waals surface area contributed by atoms with Crippen LogP contribution in [-0.4, -0.2) is 153 Å². The van der Waals surface area contributed by atoms with Crippen LogP contribution in [0.25, 0.3) is 0 Å². The summed E-state index contributed by atoms with van der Waals surface area (Å²) in [6, 6.07) is -1.34. The standard InChI is InChI=1S/C33H60F2N8O2/c1-7-9-10-23(34)22-40(5)27-19-24(8-2)41(6)30(36)28(27)31(44)38-26-21-37-20-25(35)29(26)42-13-11-33(3,12-14-42)32(45)43-17-15-39(4)16-18-43/h19,23,25-30,37H,7-18,20-22,36H2,1-6H3,(H,38,44). The highest BCUT2D eigenvalue weighted by Gasteiger charge is 2.47. The van der Waals surface area contributed by atoms with Crippen LogP contribution in [0.2, 0.25) is 0 Å². The van der Waals surface area contributed by atoms with Gasteiger partial charge in [0.2, 0.25) is 11.8 Å². The maximum absolute atomic E-state index is 15.7. The summed E-state index contributed by atoms with van der Waals surface area (Å²) in [6.07, 6.45) is 3.62. The molecule has 0 aromatic rings. The minimum Gasteiger partial charge on any atom is -0.362 e. The topological polar surface area (TPSA) is 100 Å². The van der Waals surface area contributed by atoms with Crippen molar-refractivity contribution < 1.29 is 18.4 Å². The Kier molecular flexibility index (Phi) is 12.7. The second-order valence-corrected chi connectivity index (χ2v) is 14.3. The molecule has 12 heteroatoms. The van der Waals surface area contributed by atoms with Crippen molar-refractivity contribution in [2.45, 2.75) is 95.9 Å². The minimum absolute atomic E-state index is 0.206. The molecule has 3 saturated heterocycles. The molecular formula is C33H60F2N8O2. The zero-order chi connectivity index (χ0) is 32.9. The first-order valence-corrected chi connectivity index (χ1v) is 17.3. The van der Waals surface area contributed by atoms with Crippen molar-refractivity contribution in [3.8, 4) is 0 Å². The Labute approximate surface area is 270 Å². The number of hydrogen-bond acceptors (Lipinski definition) is 8. The van der Waals surface area contributed by atoms with Gasteiger partial charge in [-0.3, -0.25) is 19.4 Å². The van der Waals surface area contributed by atoms with Crippen LogP contribution in [0.4, 0.5) is 8.78 Å². The zero-order valence-electron chi connectivity index (χ0n) is 28.6. The number of hydrogen-bond donors (Lipinski definition) is 3. The number of amides is 2. The lowest BCUT2D eigenvalue weighted by Crippen LogP contribution is -2.68. The molecule has 7 unspecified atom stereocenters. The molecular weight excluding hydrogens is 578 g/mol. The lowest BCUT2D eigenvalue weighted by molar-refractivity contribution is -0.146. The molecule has 0 aromatic heterocycles. The molecule has 3 fully saturated rings. The lowest BCUT2D eigenvalue weighted by atomic mass is 9.77. The van der Waals surface area contributed by atoms with E-state index >= 15 is 4.39 Å². The molecule has 7 atom stereocenters. The summed E-state index contributed by atoms with van der Waals surface area (Å²) in [7, 11) is 5.84. The summed E-state index contributed by atoms with van der Waals surface area (Å²) < 4.78 is 30.6. The molecule has 2 amide bonds. The number of nitrogens with one attached hydrogen (secondary N) is 2. The number of carbonyl (C=O) groups excluding carboxylic acids is 2. The van der Waals surface area contributed by atoms with E-state index < -0.39 is 41.9 Å². The van der Waals surface area contributed by atoms with Crippen LogP contribution in [-0.2, 0) is 9.59 Å². The molecule has 4 aliphatic heterocycles. The Morgan fingerprint density at radius 1 is 1.13 bits per heavy atom. The average Bonchev–Trinajstić information content (AvgIpc) is 3.02. The number of likely N-dealkylation sites (N-methyl/N-ethyl adjacent to an activating group) is 2. The first-order valence-electron chi connectivity index (χ1n) is 17.3. The quantitative estimate of drug-likeness (QED) is 0.314. The van der Waals surface area contributed by atoms with E-state index in [4.69, 9.17) is 5.73 Å². The van der Waals surface area contributed by atoms with Gasteiger partial charge in [0.15, 0.2) is 0 Å². The van der Waals surface area contributed by atoms with E-state index in [1.165, 1.54) is 0 Å². The number of piperazine rings is 1. The molecule has 0 aliphatic carbocycles. The summed E-state index contributed by atoms with van der Waals surface area (Å²) in [5.74, 6) is -0.683. The SMILES string of the molecule is CCCCC(F)CN(C)C1C=C(CC)N(C)C(N)C1C(=O)NC1CNCC(F)C1N1CCC(C)(C(=O)N2CCN(C)CC2)CC1. The number of likely N-dealkylation sites (tertiary alicyclic amines) is 1. The number of allylic oxidation sites excluding steroid dienone is 1. The van der Waals surface area contributed by atoms with Crippen LogP contribution >= 0.6 is 0 Å². The highest BCUT2D eigenvalue weighted by Crippen LogP contribution is 2.36. The van der Waals surface area contributed by atoms with Gasteiger partial charge in [0.25, 0.3) is 0 Å². The predicted molar refractivity (Wildman–Crippen MR) is 175 cm³/mol. The molecule has 258 valence electrons. The van der Waals surface area contributed by atoms with Crippen molar-refractivity contribution in [1.82, 2.24) is 35.1 Å². The molecule has 4 N–H and O–H groups in total. The fraction of sp³-hybridized carbons (Fsp3) is 0.879. The number of halogens is 2. The Bertz CT molecular complexity index is 1020. The summed E-state index contributed by atoms with van der Waals surface area (Å²) >= 11 is 0. The van der Waals surface area contributed by atoms with Gasteiger partial charge in [-0.05, 0) is 58.9 Å². The van der Waals surface area contributed by atoms with E-state index in [9.17, 15) is 14.0 Å². The maximum atomic E-state index is 15.7. The molecule has 0 spiro atoms. The summed E-state index contributed by atoms with van der Waals surface area (Å²) in [6.45, 7) is 11.5. The predicted octanol–water partition coefficient (Wildman–Crippen LogP) is 1.63. The molecule has 4 aliphatic rings. The zero-order valence-corrected chi connectivity index (χ0v) is 28.6. The Hall–Kier alpha value is -1.86. The lowest BCUT2D eigenvalue weighted by Gasteiger charge is -2.49. The number of nitrogens with zero attached hydrogens (tertiary/aromatic N) is 5. The van der Waals surface area contributed by atoms with Crippen LogP contribution in [0.15, 0.2) is 11.8 Å². The Morgan fingerprint density at radius 3 is 2.42 bits per heavy atom. The monoisotopic (exact) mass is 638 g/mol.